The van der Waals surface area contributed by atoms with E-state index in [1.807, 2.05) is 25.3 Å². The summed E-state index contributed by atoms with van der Waals surface area (Å²) in [5.41, 5.74) is 0.883. The van der Waals surface area contributed by atoms with Gasteiger partial charge in [-0.15, -0.1) is 0 Å². The minimum absolute atomic E-state index is 0.0607. The predicted octanol–water partition coefficient (Wildman–Crippen LogP) is 2.56. The van der Waals surface area contributed by atoms with Crippen LogP contribution in [-0.2, 0) is 15.1 Å². The number of ether oxygens (including phenoxy) is 1. The van der Waals surface area contributed by atoms with Gasteiger partial charge in [-0.3, -0.25) is 14.5 Å². The Morgan fingerprint density at radius 2 is 2.07 bits per heavy atom. The molecule has 3 rings (SSSR count). The molecule has 1 aliphatic heterocycles. The SMILES string of the molecule is COCC(C)n1c(C)cc(C(=O)CN2C(=O)NC(C)(c3ccco3)C2=O)c1C. The largest absolute Gasteiger partial charge is 0.466 e. The van der Waals surface area contributed by atoms with Gasteiger partial charge in [0.25, 0.3) is 5.91 Å². The molecule has 8 heteroatoms. The molecule has 28 heavy (non-hydrogen) atoms. The first-order chi connectivity index (χ1) is 13.2. The van der Waals surface area contributed by atoms with E-state index in [1.165, 1.54) is 6.26 Å². The Bertz CT molecular complexity index is 915. The first-order valence-electron chi connectivity index (χ1n) is 9.09. The van der Waals surface area contributed by atoms with Crippen molar-refractivity contribution in [1.82, 2.24) is 14.8 Å². The van der Waals surface area contributed by atoms with Crippen LogP contribution in [0.1, 0.15) is 47.4 Å². The number of methoxy groups -OCH3 is 1. The van der Waals surface area contributed by atoms with Crippen molar-refractivity contribution in [3.05, 3.63) is 47.2 Å². The zero-order valence-electron chi connectivity index (χ0n) is 16.7. The van der Waals surface area contributed by atoms with Crippen molar-refractivity contribution >= 4 is 17.7 Å². The van der Waals surface area contributed by atoms with Crippen LogP contribution < -0.4 is 5.32 Å². The Hall–Kier alpha value is -2.87. The number of ketones is 1. The molecule has 1 aliphatic rings. The summed E-state index contributed by atoms with van der Waals surface area (Å²) in [4.78, 5) is 39.1. The summed E-state index contributed by atoms with van der Waals surface area (Å²) in [5.74, 6) is -0.481. The van der Waals surface area contributed by atoms with Crippen LogP contribution >= 0.6 is 0 Å². The lowest BCUT2D eigenvalue weighted by Gasteiger charge is -2.19. The van der Waals surface area contributed by atoms with Crippen LogP contribution in [0.4, 0.5) is 4.79 Å². The fraction of sp³-hybridized carbons (Fsp3) is 0.450. The number of hydrogen-bond donors (Lipinski definition) is 1. The van der Waals surface area contributed by atoms with E-state index in [4.69, 9.17) is 9.15 Å². The van der Waals surface area contributed by atoms with Crippen LogP contribution in [0.25, 0.3) is 0 Å². The molecule has 1 N–H and O–H groups in total. The normalized spacial score (nSPS) is 20.5. The third-order valence-corrected chi connectivity index (χ3v) is 5.22. The Kier molecular flexibility index (Phi) is 5.16. The van der Waals surface area contributed by atoms with Gasteiger partial charge >= 0.3 is 6.03 Å². The van der Waals surface area contributed by atoms with Gasteiger partial charge in [0, 0.05) is 24.1 Å². The van der Waals surface area contributed by atoms with Crippen LogP contribution in [0, 0.1) is 13.8 Å². The summed E-state index contributed by atoms with van der Waals surface area (Å²) in [5, 5.41) is 2.63. The molecule has 1 fully saturated rings. The number of hydrogen-bond acceptors (Lipinski definition) is 5. The molecule has 0 spiro atoms. The third kappa shape index (κ3) is 3.13. The predicted molar refractivity (Wildman–Crippen MR) is 101 cm³/mol. The number of nitrogens with one attached hydrogen (secondary N) is 1. The Morgan fingerprint density at radius 1 is 1.36 bits per heavy atom. The molecule has 8 nitrogen and oxygen atoms in total. The number of carbonyl (C=O) groups excluding carboxylic acids is 3. The number of carbonyl (C=O) groups is 3. The second kappa shape index (κ2) is 7.27. The first kappa shape index (κ1) is 19.9. The van der Waals surface area contributed by atoms with Gasteiger partial charge in [-0.1, -0.05) is 0 Å². The minimum Gasteiger partial charge on any atom is -0.466 e. The number of urea groups is 1. The molecular weight excluding hydrogens is 362 g/mol. The van der Waals surface area contributed by atoms with E-state index in [2.05, 4.69) is 5.32 Å². The third-order valence-electron chi connectivity index (χ3n) is 5.22. The van der Waals surface area contributed by atoms with Crippen LogP contribution in [-0.4, -0.2) is 47.4 Å². The smallest absolute Gasteiger partial charge is 0.325 e. The Morgan fingerprint density at radius 3 is 2.68 bits per heavy atom. The summed E-state index contributed by atoms with van der Waals surface area (Å²) in [7, 11) is 1.63. The van der Waals surface area contributed by atoms with E-state index in [0.29, 0.717) is 17.9 Å². The fourth-order valence-corrected chi connectivity index (χ4v) is 3.85. The number of rotatable bonds is 7. The number of aromatic nitrogens is 1. The lowest BCUT2D eigenvalue weighted by Crippen LogP contribution is -2.41. The topological polar surface area (TPSA) is 93.8 Å². The maximum Gasteiger partial charge on any atom is 0.325 e. The number of amides is 3. The maximum atomic E-state index is 12.9. The second-order valence-corrected chi connectivity index (χ2v) is 7.31. The van der Waals surface area contributed by atoms with Crippen LogP contribution in [0.2, 0.25) is 0 Å². The van der Waals surface area contributed by atoms with E-state index in [-0.39, 0.29) is 18.4 Å². The highest BCUT2D eigenvalue weighted by atomic mass is 16.5. The second-order valence-electron chi connectivity index (χ2n) is 7.31. The molecule has 1 saturated heterocycles. The fourth-order valence-electron chi connectivity index (χ4n) is 3.85. The van der Waals surface area contributed by atoms with E-state index in [9.17, 15) is 14.4 Å². The van der Waals surface area contributed by atoms with E-state index >= 15 is 0 Å². The molecule has 3 amide bonds. The van der Waals surface area contributed by atoms with Crippen molar-refractivity contribution in [2.75, 3.05) is 20.3 Å². The van der Waals surface area contributed by atoms with Gasteiger partial charge in [0.2, 0.25) is 0 Å². The molecule has 0 aliphatic carbocycles. The average Bonchev–Trinajstić information content (AvgIpc) is 3.31. The van der Waals surface area contributed by atoms with Crippen molar-refractivity contribution in [1.29, 1.82) is 0 Å². The summed E-state index contributed by atoms with van der Waals surface area (Å²) < 4.78 is 12.5. The van der Waals surface area contributed by atoms with Crippen LogP contribution in [0.15, 0.2) is 28.9 Å². The zero-order valence-corrected chi connectivity index (χ0v) is 16.7. The van der Waals surface area contributed by atoms with Crippen LogP contribution in [0.3, 0.4) is 0 Å². The minimum atomic E-state index is -1.31. The Labute approximate surface area is 163 Å². The molecule has 0 aromatic carbocycles. The lowest BCUT2D eigenvalue weighted by atomic mass is 9.99. The number of nitrogens with zero attached hydrogens (tertiary/aromatic N) is 2. The molecule has 150 valence electrons. The van der Waals surface area contributed by atoms with Gasteiger partial charge < -0.3 is 19.0 Å². The van der Waals surface area contributed by atoms with Crippen molar-refractivity contribution in [2.45, 2.75) is 39.3 Å². The number of furan rings is 1. The van der Waals surface area contributed by atoms with Crippen molar-refractivity contribution in [2.24, 2.45) is 0 Å². The molecule has 2 aromatic rings. The lowest BCUT2D eigenvalue weighted by molar-refractivity contribution is -0.131. The van der Waals surface area contributed by atoms with Crippen molar-refractivity contribution in [3.63, 3.8) is 0 Å². The monoisotopic (exact) mass is 387 g/mol. The maximum absolute atomic E-state index is 12.9. The summed E-state index contributed by atoms with van der Waals surface area (Å²) >= 11 is 0. The van der Waals surface area contributed by atoms with E-state index < -0.39 is 17.5 Å². The van der Waals surface area contributed by atoms with Crippen molar-refractivity contribution in [3.8, 4) is 0 Å². The highest BCUT2D eigenvalue weighted by Crippen LogP contribution is 2.29. The number of Topliss-reactive ketones (excluding diaryl/α,β-unsaturated/α-hetero) is 1. The van der Waals surface area contributed by atoms with Gasteiger partial charge in [-0.05, 0) is 45.9 Å². The molecule has 2 unspecified atom stereocenters. The number of imide groups is 1. The van der Waals surface area contributed by atoms with Gasteiger partial charge in [0.05, 0.1) is 25.5 Å². The van der Waals surface area contributed by atoms with Gasteiger partial charge in [-0.25, -0.2) is 4.79 Å². The van der Waals surface area contributed by atoms with Gasteiger partial charge in [0.1, 0.15) is 5.76 Å². The van der Waals surface area contributed by atoms with Crippen LogP contribution in [0.5, 0.6) is 0 Å². The quantitative estimate of drug-likeness (QED) is 0.582. The molecule has 0 saturated carbocycles. The van der Waals surface area contributed by atoms with E-state index in [0.717, 1.165) is 16.3 Å². The van der Waals surface area contributed by atoms with Gasteiger partial charge in [0.15, 0.2) is 11.3 Å². The van der Waals surface area contributed by atoms with E-state index in [1.54, 1.807) is 32.2 Å². The number of aryl methyl sites for hydroxylation is 1. The molecule has 0 bridgehead atoms. The Balaban J connectivity index is 1.83. The summed E-state index contributed by atoms with van der Waals surface area (Å²) in [6.45, 7) is 7.52. The van der Waals surface area contributed by atoms with Gasteiger partial charge in [-0.2, -0.15) is 0 Å². The molecular formula is C20H25N3O5. The highest BCUT2D eigenvalue weighted by Gasteiger charge is 2.51. The average molecular weight is 387 g/mol. The molecule has 0 radical (unpaired) electrons. The highest BCUT2D eigenvalue weighted by molar-refractivity contribution is 6.11. The standard InChI is InChI=1S/C20H25N3O5/c1-12-9-15(14(3)23(12)13(2)11-27-5)16(24)10-22-18(25)20(4,21-19(22)26)17-7-6-8-28-17/h6-9,13H,10-11H2,1-5H3,(H,21,26). The summed E-state index contributed by atoms with van der Waals surface area (Å²) in [6, 6.07) is 4.50. The molecule has 3 heterocycles. The summed E-state index contributed by atoms with van der Waals surface area (Å²) in [6.07, 6.45) is 1.43. The molecule has 2 atom stereocenters. The zero-order chi connectivity index (χ0) is 20.6. The van der Waals surface area contributed by atoms with Crippen molar-refractivity contribution < 1.29 is 23.5 Å². The first-order valence-corrected chi connectivity index (χ1v) is 9.09. The molecule has 2 aromatic heterocycles.